The van der Waals surface area contributed by atoms with Gasteiger partial charge in [0.05, 0.1) is 18.1 Å². The molecule has 4 rings (SSSR count). The molecule has 2 atom stereocenters. The van der Waals surface area contributed by atoms with Gasteiger partial charge in [0.2, 0.25) is 11.8 Å². The Labute approximate surface area is 176 Å². The predicted molar refractivity (Wildman–Crippen MR) is 104 cm³/mol. The topological polar surface area (TPSA) is 64.7 Å². The molecular weight excluding hydrogens is 428 g/mol. The molecular formula is C19H23ClF4N4O2. The fourth-order valence-electron chi connectivity index (χ4n) is 3.76. The second-order valence-corrected chi connectivity index (χ2v) is 8.66. The van der Waals surface area contributed by atoms with E-state index in [9.17, 15) is 27.2 Å². The maximum Gasteiger partial charge on any atom is 0.410 e. The third kappa shape index (κ3) is 5.04. The molecule has 0 radical (unpaired) electrons. The smallest absolute Gasteiger partial charge is 0.341 e. The number of alkyl halides is 3. The Morgan fingerprint density at radius 2 is 1.77 bits per heavy atom. The highest BCUT2D eigenvalue weighted by molar-refractivity contribution is 6.31. The number of carbonyl (C=O) groups is 2. The van der Waals surface area contributed by atoms with Crippen LogP contribution in [0, 0.1) is 5.82 Å². The number of fused-ring (bicyclic) bond motifs is 2. The summed E-state index contributed by atoms with van der Waals surface area (Å²) in [5.41, 5.74) is -1.91. The highest BCUT2D eigenvalue weighted by atomic mass is 35.5. The Morgan fingerprint density at radius 3 is 2.33 bits per heavy atom. The number of hydrogen-bond donors (Lipinski definition) is 2. The zero-order valence-corrected chi connectivity index (χ0v) is 17.3. The van der Waals surface area contributed by atoms with Crippen LogP contribution >= 0.6 is 11.6 Å². The van der Waals surface area contributed by atoms with Gasteiger partial charge >= 0.3 is 6.18 Å². The van der Waals surface area contributed by atoms with Crippen LogP contribution in [0.3, 0.4) is 0 Å². The van der Waals surface area contributed by atoms with Crippen molar-refractivity contribution in [1.82, 2.24) is 15.1 Å². The maximum atomic E-state index is 13.2. The molecule has 2 N–H and O–H groups in total. The molecule has 2 unspecified atom stereocenters. The van der Waals surface area contributed by atoms with E-state index in [0.29, 0.717) is 18.8 Å². The van der Waals surface area contributed by atoms with Gasteiger partial charge in [0, 0.05) is 30.9 Å². The number of nitrogens with zero attached hydrogens (tertiary/aromatic N) is 2. The molecule has 1 aromatic carbocycles. The number of benzene rings is 1. The summed E-state index contributed by atoms with van der Waals surface area (Å²) < 4.78 is 52.0. The molecule has 3 aliphatic heterocycles. The molecule has 3 fully saturated rings. The van der Waals surface area contributed by atoms with Crippen molar-refractivity contribution < 1.29 is 27.2 Å². The molecule has 0 saturated carbocycles. The first-order valence-corrected chi connectivity index (χ1v) is 9.84. The number of amides is 2. The molecule has 3 heterocycles. The van der Waals surface area contributed by atoms with Gasteiger partial charge in [-0.2, -0.15) is 13.2 Å². The number of nitrogens with one attached hydrogen (secondary N) is 2. The van der Waals surface area contributed by atoms with Crippen molar-refractivity contribution >= 4 is 29.1 Å². The number of halogens is 5. The molecule has 2 bridgehead atoms. The van der Waals surface area contributed by atoms with Gasteiger partial charge in [-0.15, -0.1) is 0 Å². The summed E-state index contributed by atoms with van der Waals surface area (Å²) in [4.78, 5) is 28.1. The van der Waals surface area contributed by atoms with E-state index in [1.54, 1.807) is 0 Å². The molecule has 3 aliphatic rings. The standard InChI is InChI=1S/C19H23ClF4N4O2/c1-18(2,19(22,23)24)26-17(30)10-28-12-6-13(28)8-27(7-12)9-16(29)25-11-3-4-15(21)14(20)5-11/h3-5,12-13H,6-10H2,1-2H3,(H,25,29)(H,26,30). The van der Waals surface area contributed by atoms with Crippen LogP contribution in [0.4, 0.5) is 23.2 Å². The zero-order valence-electron chi connectivity index (χ0n) is 16.5. The number of piperazine rings is 1. The normalized spacial score (nSPS) is 22.4. The average molecular weight is 451 g/mol. The zero-order chi connectivity index (χ0) is 22.3. The highest BCUT2D eigenvalue weighted by Crippen LogP contribution is 2.33. The Morgan fingerprint density at radius 1 is 1.13 bits per heavy atom. The van der Waals surface area contributed by atoms with E-state index in [0.717, 1.165) is 26.3 Å². The van der Waals surface area contributed by atoms with Gasteiger partial charge in [-0.1, -0.05) is 11.6 Å². The van der Waals surface area contributed by atoms with Crippen LogP contribution in [0.2, 0.25) is 5.02 Å². The van der Waals surface area contributed by atoms with Crippen LogP contribution in [-0.2, 0) is 9.59 Å². The Kier molecular flexibility index (Phi) is 6.31. The number of rotatable bonds is 6. The average Bonchev–Trinajstić information content (AvgIpc) is 2.61. The minimum atomic E-state index is -4.54. The Balaban J connectivity index is 1.46. The lowest BCUT2D eigenvalue weighted by Crippen LogP contribution is -2.70. The van der Waals surface area contributed by atoms with Gasteiger partial charge in [-0.3, -0.25) is 19.4 Å². The Bertz CT molecular complexity index is 821. The minimum Gasteiger partial charge on any atom is -0.341 e. The van der Waals surface area contributed by atoms with Crippen molar-refractivity contribution in [1.29, 1.82) is 0 Å². The summed E-state index contributed by atoms with van der Waals surface area (Å²) in [6.45, 7) is 2.92. The van der Waals surface area contributed by atoms with Crippen LogP contribution < -0.4 is 10.6 Å². The Hall–Kier alpha value is -1.91. The molecule has 2 amide bonds. The van der Waals surface area contributed by atoms with Crippen LogP contribution in [0.1, 0.15) is 20.3 Å². The molecule has 3 saturated heterocycles. The molecule has 0 aromatic heterocycles. The van der Waals surface area contributed by atoms with E-state index in [4.69, 9.17) is 11.6 Å². The number of piperidine rings is 1. The lowest BCUT2D eigenvalue weighted by Gasteiger charge is -2.56. The monoisotopic (exact) mass is 450 g/mol. The molecule has 6 nitrogen and oxygen atoms in total. The first-order valence-electron chi connectivity index (χ1n) is 9.46. The summed E-state index contributed by atoms with van der Waals surface area (Å²) in [7, 11) is 0. The van der Waals surface area contributed by atoms with Crippen molar-refractivity contribution in [3.05, 3.63) is 29.0 Å². The van der Waals surface area contributed by atoms with Gasteiger partial charge in [0.1, 0.15) is 11.4 Å². The fraction of sp³-hybridized carbons (Fsp3) is 0.579. The van der Waals surface area contributed by atoms with E-state index in [1.165, 1.54) is 12.1 Å². The largest absolute Gasteiger partial charge is 0.410 e. The van der Waals surface area contributed by atoms with E-state index < -0.39 is 23.4 Å². The molecule has 30 heavy (non-hydrogen) atoms. The highest BCUT2D eigenvalue weighted by Gasteiger charge is 2.50. The summed E-state index contributed by atoms with van der Waals surface area (Å²) in [6.07, 6.45) is -3.70. The number of carbonyl (C=O) groups excluding carboxylic acids is 2. The fourth-order valence-corrected chi connectivity index (χ4v) is 3.94. The van der Waals surface area contributed by atoms with Crippen molar-refractivity contribution in [3.8, 4) is 0 Å². The van der Waals surface area contributed by atoms with Gasteiger partial charge in [0.15, 0.2) is 0 Å². The second-order valence-electron chi connectivity index (χ2n) is 8.26. The van der Waals surface area contributed by atoms with Crippen LogP contribution in [-0.4, -0.2) is 71.6 Å². The predicted octanol–water partition coefficient (Wildman–Crippen LogP) is 2.63. The van der Waals surface area contributed by atoms with E-state index in [1.807, 2.05) is 15.1 Å². The molecule has 0 aliphatic carbocycles. The quantitative estimate of drug-likeness (QED) is 0.654. The van der Waals surface area contributed by atoms with Crippen molar-refractivity contribution in [2.24, 2.45) is 0 Å². The van der Waals surface area contributed by atoms with E-state index >= 15 is 0 Å². The van der Waals surface area contributed by atoms with Gasteiger partial charge in [-0.05, 0) is 38.5 Å². The van der Waals surface area contributed by atoms with Crippen molar-refractivity contribution in [2.75, 3.05) is 31.5 Å². The summed E-state index contributed by atoms with van der Waals surface area (Å²) in [5.74, 6) is -1.53. The minimum absolute atomic E-state index is 0.0107. The van der Waals surface area contributed by atoms with Crippen molar-refractivity contribution in [3.63, 3.8) is 0 Å². The van der Waals surface area contributed by atoms with Crippen LogP contribution in [0.25, 0.3) is 0 Å². The first-order chi connectivity index (χ1) is 13.9. The number of anilines is 1. The SMILES string of the molecule is CC(C)(NC(=O)CN1C2CC1CN(CC(=O)Nc1ccc(F)c(Cl)c1)C2)C(F)(F)F. The lowest BCUT2D eigenvalue weighted by molar-refractivity contribution is -0.189. The first kappa shape index (κ1) is 22.8. The second kappa shape index (κ2) is 8.32. The van der Waals surface area contributed by atoms with Crippen LogP contribution in [0.15, 0.2) is 18.2 Å². The van der Waals surface area contributed by atoms with Gasteiger partial charge in [-0.25, -0.2) is 4.39 Å². The number of hydrogen-bond acceptors (Lipinski definition) is 4. The third-order valence-electron chi connectivity index (χ3n) is 5.48. The summed E-state index contributed by atoms with van der Waals surface area (Å²) in [5, 5.41) is 4.61. The van der Waals surface area contributed by atoms with Gasteiger partial charge < -0.3 is 10.6 Å². The molecule has 166 valence electrons. The third-order valence-corrected chi connectivity index (χ3v) is 5.77. The lowest BCUT2D eigenvalue weighted by atomic mass is 9.87. The van der Waals surface area contributed by atoms with E-state index in [-0.39, 0.29) is 36.1 Å². The summed E-state index contributed by atoms with van der Waals surface area (Å²) >= 11 is 5.70. The summed E-state index contributed by atoms with van der Waals surface area (Å²) in [6, 6.07) is 3.92. The van der Waals surface area contributed by atoms with E-state index in [2.05, 4.69) is 5.32 Å². The maximum absolute atomic E-state index is 13.2. The van der Waals surface area contributed by atoms with Crippen molar-refractivity contribution in [2.45, 2.75) is 44.1 Å². The molecule has 1 aromatic rings. The molecule has 11 heteroatoms. The van der Waals surface area contributed by atoms with Gasteiger partial charge in [0.25, 0.3) is 0 Å². The molecule has 0 spiro atoms. The van der Waals surface area contributed by atoms with Crippen LogP contribution in [0.5, 0.6) is 0 Å².